The lowest BCUT2D eigenvalue weighted by atomic mass is 10.5. The van der Waals surface area contributed by atoms with Crippen molar-refractivity contribution in [3.8, 4) is 0 Å². The summed E-state index contributed by atoms with van der Waals surface area (Å²) in [5.74, 6) is 0. The van der Waals surface area contributed by atoms with Crippen LogP contribution in [0.2, 0.25) is 0 Å². The van der Waals surface area contributed by atoms with Crippen LogP contribution in [0.5, 0.6) is 0 Å². The molecule has 4 heteroatoms. The van der Waals surface area contributed by atoms with Gasteiger partial charge in [-0.3, -0.25) is 0 Å². The van der Waals surface area contributed by atoms with E-state index in [-0.39, 0.29) is 6.54 Å². The molecule has 8 heavy (non-hydrogen) atoms. The van der Waals surface area contributed by atoms with Gasteiger partial charge in [0, 0.05) is 6.54 Å². The normalized spacial score (nSPS) is 14.6. The molecule has 1 unspecified atom stereocenters. The Balaban J connectivity index is 3.10. The molecule has 0 amide bonds. The van der Waals surface area contributed by atoms with E-state index in [2.05, 4.69) is 0 Å². The summed E-state index contributed by atoms with van der Waals surface area (Å²) in [7, 11) is 0. The molecule has 0 bridgehead atoms. The molecule has 4 N–H and O–H groups in total. The number of nitrogens with two attached hydrogens (primary N) is 1. The van der Waals surface area contributed by atoms with Gasteiger partial charge in [-0.2, -0.15) is 5.06 Å². The Bertz CT molecular complexity index is 58.0. The van der Waals surface area contributed by atoms with Crippen LogP contribution in [0.25, 0.3) is 0 Å². The smallest absolute Gasteiger partial charge is 0.117 e. The zero-order chi connectivity index (χ0) is 6.57. The van der Waals surface area contributed by atoms with Crippen molar-refractivity contribution in [2.45, 2.75) is 13.2 Å². The Morgan fingerprint density at radius 1 is 1.75 bits per heavy atom. The van der Waals surface area contributed by atoms with E-state index >= 15 is 0 Å². The van der Waals surface area contributed by atoms with E-state index in [1.54, 1.807) is 6.92 Å². The maximum Gasteiger partial charge on any atom is 0.117 e. The minimum absolute atomic E-state index is 0.108. The van der Waals surface area contributed by atoms with Crippen molar-refractivity contribution >= 4 is 0 Å². The highest BCUT2D eigenvalue weighted by molar-refractivity contribution is 4.45. The average molecular weight is 120 g/mol. The van der Waals surface area contributed by atoms with Crippen LogP contribution in [0.15, 0.2) is 0 Å². The monoisotopic (exact) mass is 120 g/mol. The van der Waals surface area contributed by atoms with Gasteiger partial charge in [-0.25, -0.2) is 0 Å². The molecule has 0 rings (SSSR count). The second kappa shape index (κ2) is 3.80. The van der Waals surface area contributed by atoms with Crippen LogP contribution in [0.3, 0.4) is 0 Å². The molecule has 0 aromatic carbocycles. The predicted octanol–water partition coefficient (Wildman–Crippen LogP) is -1.03. The Morgan fingerprint density at radius 2 is 2.25 bits per heavy atom. The summed E-state index contributed by atoms with van der Waals surface area (Å²) < 4.78 is 0. The minimum atomic E-state index is -0.944. The van der Waals surface area contributed by atoms with E-state index < -0.39 is 6.23 Å². The standard InChI is InChI=1S/C4H12N2O2/c1-2-6(8)3-4(5)7/h4,7-8H,2-3,5H2,1H3. The molecule has 0 aliphatic carbocycles. The molecule has 0 aliphatic rings. The Hall–Kier alpha value is -0.160. The van der Waals surface area contributed by atoms with Crippen LogP contribution in [0, 0.1) is 0 Å². The molecule has 0 spiro atoms. The third kappa shape index (κ3) is 4.01. The largest absolute Gasteiger partial charge is 0.377 e. The summed E-state index contributed by atoms with van der Waals surface area (Å²) >= 11 is 0. The summed E-state index contributed by atoms with van der Waals surface area (Å²) in [6, 6.07) is 0. The molecule has 0 saturated heterocycles. The highest BCUT2D eigenvalue weighted by Crippen LogP contribution is 1.79. The third-order valence-corrected chi connectivity index (χ3v) is 0.763. The zero-order valence-corrected chi connectivity index (χ0v) is 4.91. The Labute approximate surface area is 48.5 Å². The molecule has 0 heterocycles. The van der Waals surface area contributed by atoms with Gasteiger partial charge in [-0.1, -0.05) is 6.92 Å². The summed E-state index contributed by atoms with van der Waals surface area (Å²) in [6.07, 6.45) is -0.944. The van der Waals surface area contributed by atoms with Crippen molar-refractivity contribution in [1.29, 1.82) is 0 Å². The summed E-state index contributed by atoms with van der Waals surface area (Å²) in [4.78, 5) is 0. The molecule has 1 atom stereocenters. The predicted molar refractivity (Wildman–Crippen MR) is 29.2 cm³/mol. The van der Waals surface area contributed by atoms with Crippen molar-refractivity contribution < 1.29 is 10.3 Å². The first-order valence-corrected chi connectivity index (χ1v) is 2.54. The van der Waals surface area contributed by atoms with Gasteiger partial charge in [0.25, 0.3) is 0 Å². The number of rotatable bonds is 3. The number of likely N-dealkylation sites (N-methyl/N-ethyl adjacent to an activating group) is 1. The van der Waals surface area contributed by atoms with E-state index in [1.807, 2.05) is 0 Å². The van der Waals surface area contributed by atoms with E-state index in [1.165, 1.54) is 0 Å². The van der Waals surface area contributed by atoms with Gasteiger partial charge >= 0.3 is 0 Å². The second-order valence-corrected chi connectivity index (χ2v) is 1.57. The molecule has 0 aliphatic heterocycles. The third-order valence-electron chi connectivity index (χ3n) is 0.763. The van der Waals surface area contributed by atoms with Gasteiger partial charge in [0.1, 0.15) is 6.23 Å². The average Bonchev–Trinajstić information content (AvgIpc) is 1.65. The maximum absolute atomic E-state index is 8.62. The first kappa shape index (κ1) is 7.84. The number of nitrogens with zero attached hydrogens (tertiary/aromatic N) is 1. The second-order valence-electron chi connectivity index (χ2n) is 1.57. The first-order chi connectivity index (χ1) is 3.66. The minimum Gasteiger partial charge on any atom is -0.377 e. The number of hydroxylamine groups is 2. The fourth-order valence-electron chi connectivity index (χ4n) is 0.345. The molecular formula is C4H12N2O2. The molecule has 50 valence electrons. The van der Waals surface area contributed by atoms with Crippen LogP contribution in [0.4, 0.5) is 0 Å². The van der Waals surface area contributed by atoms with Crippen LogP contribution in [-0.4, -0.2) is 34.7 Å². The van der Waals surface area contributed by atoms with Crippen LogP contribution < -0.4 is 5.73 Å². The van der Waals surface area contributed by atoms with E-state index in [0.29, 0.717) is 6.54 Å². The quantitative estimate of drug-likeness (QED) is 0.329. The van der Waals surface area contributed by atoms with E-state index in [4.69, 9.17) is 16.0 Å². The van der Waals surface area contributed by atoms with Crippen LogP contribution >= 0.6 is 0 Å². The lowest BCUT2D eigenvalue weighted by Gasteiger charge is -2.12. The highest BCUT2D eigenvalue weighted by atomic mass is 16.5. The van der Waals surface area contributed by atoms with Gasteiger partial charge < -0.3 is 16.0 Å². The fourth-order valence-corrected chi connectivity index (χ4v) is 0.345. The van der Waals surface area contributed by atoms with Crippen molar-refractivity contribution in [3.05, 3.63) is 0 Å². The van der Waals surface area contributed by atoms with Crippen LogP contribution in [0.1, 0.15) is 6.92 Å². The Morgan fingerprint density at radius 3 is 2.38 bits per heavy atom. The van der Waals surface area contributed by atoms with E-state index in [0.717, 1.165) is 5.06 Å². The van der Waals surface area contributed by atoms with Crippen molar-refractivity contribution in [3.63, 3.8) is 0 Å². The number of aliphatic hydroxyl groups is 1. The molecule has 0 radical (unpaired) electrons. The fraction of sp³-hybridized carbons (Fsp3) is 1.00. The molecule has 0 aromatic rings. The zero-order valence-electron chi connectivity index (χ0n) is 4.91. The summed E-state index contributed by atoms with van der Waals surface area (Å²) in [5, 5.41) is 18.0. The number of aliphatic hydroxyl groups excluding tert-OH is 1. The number of hydrogen-bond donors (Lipinski definition) is 3. The lowest BCUT2D eigenvalue weighted by molar-refractivity contribution is -0.108. The molecule has 0 fully saturated rings. The topological polar surface area (TPSA) is 69.7 Å². The van der Waals surface area contributed by atoms with Crippen LogP contribution in [-0.2, 0) is 0 Å². The number of hydrogen-bond acceptors (Lipinski definition) is 4. The van der Waals surface area contributed by atoms with Crippen molar-refractivity contribution in [1.82, 2.24) is 5.06 Å². The summed E-state index contributed by atoms with van der Waals surface area (Å²) in [6.45, 7) is 2.35. The van der Waals surface area contributed by atoms with Gasteiger partial charge in [0.15, 0.2) is 0 Å². The van der Waals surface area contributed by atoms with Gasteiger partial charge in [-0.05, 0) is 0 Å². The highest BCUT2D eigenvalue weighted by Gasteiger charge is 1.99. The lowest BCUT2D eigenvalue weighted by Crippen LogP contribution is -2.35. The molecule has 0 saturated carbocycles. The van der Waals surface area contributed by atoms with E-state index in [9.17, 15) is 0 Å². The van der Waals surface area contributed by atoms with Crippen molar-refractivity contribution in [2.24, 2.45) is 5.73 Å². The SMILES string of the molecule is CCN(O)CC(N)O. The summed E-state index contributed by atoms with van der Waals surface area (Å²) in [5.41, 5.74) is 4.92. The van der Waals surface area contributed by atoms with Gasteiger partial charge in [0.2, 0.25) is 0 Å². The molecule has 0 aromatic heterocycles. The maximum atomic E-state index is 8.62. The molecule has 4 nitrogen and oxygen atoms in total. The van der Waals surface area contributed by atoms with Gasteiger partial charge in [-0.15, -0.1) is 0 Å². The van der Waals surface area contributed by atoms with Crippen molar-refractivity contribution in [2.75, 3.05) is 13.1 Å². The van der Waals surface area contributed by atoms with Gasteiger partial charge in [0.05, 0.1) is 6.54 Å². The first-order valence-electron chi connectivity index (χ1n) is 2.54. The Kier molecular flexibility index (Phi) is 3.72. The molecular weight excluding hydrogens is 108 g/mol.